The Bertz CT molecular complexity index is 418. The summed E-state index contributed by atoms with van der Waals surface area (Å²) in [5, 5.41) is 6.72. The van der Waals surface area contributed by atoms with E-state index in [9.17, 15) is 4.79 Å². The van der Waals surface area contributed by atoms with Crippen LogP contribution in [0.5, 0.6) is 0 Å². The number of nitrogens with two attached hydrogens (primary N) is 1. The van der Waals surface area contributed by atoms with Crippen molar-refractivity contribution < 1.29 is 4.79 Å². The molecule has 1 aliphatic rings. The fourth-order valence-electron chi connectivity index (χ4n) is 1.57. The van der Waals surface area contributed by atoms with Crippen molar-refractivity contribution in [2.24, 2.45) is 5.73 Å². The Balaban J connectivity index is 1.84. The monoisotopic (exact) mass is 297 g/mol. The maximum Gasteiger partial charge on any atom is 0.248 e. The van der Waals surface area contributed by atoms with Crippen molar-refractivity contribution in [3.8, 4) is 0 Å². The van der Waals surface area contributed by atoms with E-state index in [2.05, 4.69) is 26.6 Å². The van der Waals surface area contributed by atoms with Gasteiger partial charge in [-0.05, 0) is 47.0 Å². The third kappa shape index (κ3) is 3.71. The Kier molecular flexibility index (Phi) is 4.02. The van der Waals surface area contributed by atoms with Crippen molar-refractivity contribution in [3.63, 3.8) is 0 Å². The second-order valence-corrected chi connectivity index (χ2v) is 5.07. The fourth-order valence-corrected chi connectivity index (χ4v) is 2.09. The second kappa shape index (κ2) is 5.51. The fraction of sp³-hybridized carbons (Fsp3) is 0.417. The highest BCUT2D eigenvalue weighted by molar-refractivity contribution is 9.10. The van der Waals surface area contributed by atoms with E-state index < -0.39 is 5.91 Å². The van der Waals surface area contributed by atoms with Crippen molar-refractivity contribution in [1.82, 2.24) is 5.32 Å². The molecule has 0 spiro atoms. The molecule has 1 aliphatic carbocycles. The van der Waals surface area contributed by atoms with Crippen molar-refractivity contribution in [2.75, 3.05) is 18.4 Å². The highest BCUT2D eigenvalue weighted by atomic mass is 79.9. The van der Waals surface area contributed by atoms with E-state index in [0.29, 0.717) is 5.56 Å². The van der Waals surface area contributed by atoms with Crippen LogP contribution in [-0.4, -0.2) is 25.0 Å². The zero-order valence-electron chi connectivity index (χ0n) is 9.50. The molecule has 92 valence electrons. The van der Waals surface area contributed by atoms with Crippen LogP contribution >= 0.6 is 15.9 Å². The average Bonchev–Trinajstić information content (AvgIpc) is 3.09. The Morgan fingerprint density at radius 3 is 2.76 bits per heavy atom. The maximum absolute atomic E-state index is 11.0. The molecular weight excluding hydrogens is 282 g/mol. The number of anilines is 1. The molecule has 5 heteroatoms. The lowest BCUT2D eigenvalue weighted by Crippen LogP contribution is -2.24. The zero-order valence-corrected chi connectivity index (χ0v) is 11.1. The molecule has 0 aromatic heterocycles. The number of hydrogen-bond acceptors (Lipinski definition) is 3. The number of nitrogens with one attached hydrogen (secondary N) is 2. The van der Waals surface area contributed by atoms with Gasteiger partial charge in [0.05, 0.1) is 0 Å². The minimum atomic E-state index is -0.410. The van der Waals surface area contributed by atoms with Gasteiger partial charge in [-0.15, -0.1) is 0 Å². The molecule has 1 amide bonds. The summed E-state index contributed by atoms with van der Waals surface area (Å²) in [6, 6.07) is 6.06. The Morgan fingerprint density at radius 1 is 1.41 bits per heavy atom. The molecule has 4 nitrogen and oxygen atoms in total. The number of hydrogen-bond donors (Lipinski definition) is 3. The summed E-state index contributed by atoms with van der Waals surface area (Å²) in [7, 11) is 0. The van der Waals surface area contributed by atoms with Gasteiger partial charge in [-0.3, -0.25) is 4.79 Å². The summed E-state index contributed by atoms with van der Waals surface area (Å²) < 4.78 is 0.861. The normalized spacial score (nSPS) is 14.6. The van der Waals surface area contributed by atoms with Gasteiger partial charge in [0.1, 0.15) is 0 Å². The first kappa shape index (κ1) is 12.4. The van der Waals surface area contributed by atoms with Crippen molar-refractivity contribution in [3.05, 3.63) is 28.2 Å². The van der Waals surface area contributed by atoms with Crippen LogP contribution in [0.25, 0.3) is 0 Å². The smallest absolute Gasteiger partial charge is 0.248 e. The summed E-state index contributed by atoms with van der Waals surface area (Å²) in [4.78, 5) is 11.0. The van der Waals surface area contributed by atoms with Crippen LogP contribution in [0.3, 0.4) is 0 Å². The van der Waals surface area contributed by atoms with E-state index in [-0.39, 0.29) is 0 Å². The molecule has 1 saturated carbocycles. The lowest BCUT2D eigenvalue weighted by molar-refractivity contribution is 0.100. The van der Waals surface area contributed by atoms with Crippen molar-refractivity contribution >= 4 is 27.5 Å². The van der Waals surface area contributed by atoms with Crippen molar-refractivity contribution in [1.29, 1.82) is 0 Å². The molecular formula is C12H16BrN3O. The summed E-state index contributed by atoms with van der Waals surface area (Å²) in [5.74, 6) is -0.410. The molecule has 0 atom stereocenters. The maximum atomic E-state index is 11.0. The first-order valence-electron chi connectivity index (χ1n) is 5.73. The van der Waals surface area contributed by atoms with Gasteiger partial charge in [0.2, 0.25) is 5.91 Å². The van der Waals surface area contributed by atoms with Crippen molar-refractivity contribution in [2.45, 2.75) is 18.9 Å². The predicted octanol–water partition coefficient (Wildman–Crippen LogP) is 1.71. The minimum absolute atomic E-state index is 0.410. The Labute approximate surface area is 109 Å². The largest absolute Gasteiger partial charge is 0.383 e. The predicted molar refractivity (Wildman–Crippen MR) is 72.2 cm³/mol. The van der Waals surface area contributed by atoms with Gasteiger partial charge in [0.15, 0.2) is 0 Å². The third-order valence-corrected chi connectivity index (χ3v) is 3.36. The molecule has 0 radical (unpaired) electrons. The van der Waals surface area contributed by atoms with Crippen LogP contribution in [0.1, 0.15) is 23.2 Å². The number of carbonyl (C=O) groups excluding carboxylic acids is 1. The van der Waals surface area contributed by atoms with Gasteiger partial charge in [-0.2, -0.15) is 0 Å². The van der Waals surface area contributed by atoms with E-state index in [1.807, 2.05) is 6.07 Å². The molecule has 1 fully saturated rings. The summed E-state index contributed by atoms with van der Waals surface area (Å²) in [6.45, 7) is 1.82. The minimum Gasteiger partial charge on any atom is -0.383 e. The first-order valence-corrected chi connectivity index (χ1v) is 6.53. The van der Waals surface area contributed by atoms with Crippen LogP contribution < -0.4 is 16.4 Å². The second-order valence-electron chi connectivity index (χ2n) is 4.21. The van der Waals surface area contributed by atoms with Crippen LogP contribution in [0, 0.1) is 0 Å². The molecule has 1 aromatic rings. The van der Waals surface area contributed by atoms with Crippen LogP contribution in [0.15, 0.2) is 22.7 Å². The van der Waals surface area contributed by atoms with Gasteiger partial charge in [0, 0.05) is 34.9 Å². The number of halogens is 1. The molecule has 0 heterocycles. The standard InChI is InChI=1S/C12H16BrN3O/c13-10-7-8(12(14)17)1-4-11(10)16-6-5-15-9-2-3-9/h1,4,7,9,15-16H,2-3,5-6H2,(H2,14,17). The first-order chi connectivity index (χ1) is 8.16. The molecule has 0 aliphatic heterocycles. The number of amides is 1. The lowest BCUT2D eigenvalue weighted by Gasteiger charge is -2.09. The molecule has 1 aromatic carbocycles. The number of benzene rings is 1. The zero-order chi connectivity index (χ0) is 12.3. The average molecular weight is 298 g/mol. The van der Waals surface area contributed by atoms with Gasteiger partial charge in [-0.1, -0.05) is 0 Å². The van der Waals surface area contributed by atoms with Gasteiger partial charge < -0.3 is 16.4 Å². The topological polar surface area (TPSA) is 67.2 Å². The van der Waals surface area contributed by atoms with E-state index in [1.54, 1.807) is 12.1 Å². The number of rotatable bonds is 6. The van der Waals surface area contributed by atoms with Crippen LogP contribution in [0.4, 0.5) is 5.69 Å². The Hall–Kier alpha value is -1.07. The van der Waals surface area contributed by atoms with Crippen LogP contribution in [-0.2, 0) is 0 Å². The van der Waals surface area contributed by atoms with E-state index >= 15 is 0 Å². The third-order valence-electron chi connectivity index (χ3n) is 2.70. The van der Waals surface area contributed by atoms with Gasteiger partial charge >= 0.3 is 0 Å². The molecule has 0 saturated heterocycles. The van der Waals surface area contributed by atoms with Gasteiger partial charge in [-0.25, -0.2) is 0 Å². The Morgan fingerprint density at radius 2 is 2.18 bits per heavy atom. The molecule has 2 rings (SSSR count). The summed E-state index contributed by atoms with van der Waals surface area (Å²) in [6.07, 6.45) is 2.61. The molecule has 0 bridgehead atoms. The van der Waals surface area contributed by atoms with E-state index in [0.717, 1.165) is 29.3 Å². The summed E-state index contributed by atoms with van der Waals surface area (Å²) >= 11 is 3.42. The number of primary amides is 1. The summed E-state index contributed by atoms with van der Waals surface area (Å²) in [5.41, 5.74) is 6.70. The number of carbonyl (C=O) groups is 1. The van der Waals surface area contributed by atoms with E-state index in [4.69, 9.17) is 5.73 Å². The van der Waals surface area contributed by atoms with Gasteiger partial charge in [0.25, 0.3) is 0 Å². The molecule has 17 heavy (non-hydrogen) atoms. The highest BCUT2D eigenvalue weighted by Gasteiger charge is 2.19. The molecule has 0 unspecified atom stereocenters. The quantitative estimate of drug-likeness (QED) is 0.700. The highest BCUT2D eigenvalue weighted by Crippen LogP contribution is 2.23. The van der Waals surface area contributed by atoms with E-state index in [1.165, 1.54) is 12.8 Å². The SMILES string of the molecule is NC(=O)c1ccc(NCCNC2CC2)c(Br)c1. The lowest BCUT2D eigenvalue weighted by atomic mass is 10.2. The molecule has 4 N–H and O–H groups in total. The van der Waals surface area contributed by atoms with Crippen LogP contribution in [0.2, 0.25) is 0 Å².